The van der Waals surface area contributed by atoms with Crippen molar-refractivity contribution >= 4 is 45.2 Å². The molecule has 10 heteroatoms. The van der Waals surface area contributed by atoms with Gasteiger partial charge in [0.05, 0.1) is 28.5 Å². The SMILES string of the molecule is COC(=O)Cn1c(=NC(=O)CN2C(=O)c3ccccc3C2=O)sc2cc(F)ccc21. The normalized spacial score (nSPS) is 13.8. The van der Waals surface area contributed by atoms with Gasteiger partial charge in [0.15, 0.2) is 4.80 Å². The second kappa shape index (κ2) is 7.64. The van der Waals surface area contributed by atoms with E-state index in [1.165, 1.54) is 42.0 Å². The van der Waals surface area contributed by atoms with Crippen LogP contribution < -0.4 is 4.80 Å². The van der Waals surface area contributed by atoms with E-state index in [1.807, 2.05) is 0 Å². The molecule has 0 unspecified atom stereocenters. The number of aromatic nitrogens is 1. The lowest BCUT2D eigenvalue weighted by molar-refractivity contribution is -0.141. The summed E-state index contributed by atoms with van der Waals surface area (Å²) in [7, 11) is 1.22. The van der Waals surface area contributed by atoms with Gasteiger partial charge in [-0.3, -0.25) is 24.1 Å². The van der Waals surface area contributed by atoms with Gasteiger partial charge < -0.3 is 9.30 Å². The van der Waals surface area contributed by atoms with Crippen LogP contribution in [0.1, 0.15) is 20.7 Å². The number of nitrogens with zero attached hydrogens (tertiary/aromatic N) is 3. The van der Waals surface area contributed by atoms with Gasteiger partial charge in [-0.2, -0.15) is 4.99 Å². The summed E-state index contributed by atoms with van der Waals surface area (Å²) in [4.78, 5) is 54.1. The zero-order chi connectivity index (χ0) is 21.4. The van der Waals surface area contributed by atoms with E-state index in [0.29, 0.717) is 10.2 Å². The number of esters is 1. The molecule has 0 saturated heterocycles. The molecule has 1 aliphatic heterocycles. The molecule has 4 rings (SSSR count). The summed E-state index contributed by atoms with van der Waals surface area (Å²) in [5.74, 6) is -2.94. The van der Waals surface area contributed by atoms with Gasteiger partial charge in [-0.25, -0.2) is 4.39 Å². The van der Waals surface area contributed by atoms with E-state index < -0.39 is 36.1 Å². The molecule has 0 aliphatic carbocycles. The molecule has 3 amide bonds. The molecule has 8 nitrogen and oxygen atoms in total. The largest absolute Gasteiger partial charge is 0.468 e. The van der Waals surface area contributed by atoms with Crippen molar-refractivity contribution in [1.82, 2.24) is 9.47 Å². The van der Waals surface area contributed by atoms with Crippen LogP contribution >= 0.6 is 11.3 Å². The van der Waals surface area contributed by atoms with Crippen LogP contribution in [0.2, 0.25) is 0 Å². The van der Waals surface area contributed by atoms with Crippen molar-refractivity contribution in [2.24, 2.45) is 4.99 Å². The highest BCUT2D eigenvalue weighted by molar-refractivity contribution is 7.16. The molecule has 152 valence electrons. The molecule has 2 aromatic carbocycles. The number of fused-ring (bicyclic) bond motifs is 2. The molecule has 0 radical (unpaired) electrons. The maximum atomic E-state index is 13.6. The summed E-state index contributed by atoms with van der Waals surface area (Å²) >= 11 is 1.01. The maximum absolute atomic E-state index is 13.6. The van der Waals surface area contributed by atoms with Crippen LogP contribution in [-0.2, 0) is 20.9 Å². The molecular formula is C20H14FN3O5S. The fraction of sp³-hybridized carbons (Fsp3) is 0.150. The van der Waals surface area contributed by atoms with Gasteiger partial charge in [0.25, 0.3) is 17.7 Å². The topological polar surface area (TPSA) is 98.0 Å². The van der Waals surface area contributed by atoms with Crippen molar-refractivity contribution in [3.8, 4) is 0 Å². The molecule has 0 fully saturated rings. The zero-order valence-electron chi connectivity index (χ0n) is 15.6. The Bertz CT molecular complexity index is 1260. The number of imide groups is 1. The first kappa shape index (κ1) is 19.6. The first-order chi connectivity index (χ1) is 14.4. The van der Waals surface area contributed by atoms with Gasteiger partial charge in [-0.1, -0.05) is 23.5 Å². The molecule has 3 aromatic rings. The Morgan fingerprint density at radius 2 is 1.73 bits per heavy atom. The number of ether oxygens (including phenoxy) is 1. The average molecular weight is 427 g/mol. The van der Waals surface area contributed by atoms with Crippen LogP contribution in [0.25, 0.3) is 10.2 Å². The summed E-state index contributed by atoms with van der Waals surface area (Å²) in [6.45, 7) is -0.783. The molecule has 0 saturated carbocycles. The maximum Gasteiger partial charge on any atom is 0.325 e. The minimum atomic E-state index is -0.754. The number of amides is 3. The Balaban J connectivity index is 1.68. The molecule has 1 aliphatic rings. The van der Waals surface area contributed by atoms with Crippen molar-refractivity contribution in [3.05, 3.63) is 64.2 Å². The Morgan fingerprint density at radius 3 is 2.37 bits per heavy atom. The number of methoxy groups -OCH3 is 1. The van der Waals surface area contributed by atoms with Crippen molar-refractivity contribution < 1.29 is 28.3 Å². The van der Waals surface area contributed by atoms with Gasteiger partial charge >= 0.3 is 5.97 Å². The summed E-state index contributed by atoms with van der Waals surface area (Å²) in [6.07, 6.45) is 0. The number of benzene rings is 2. The number of thiazole rings is 1. The van der Waals surface area contributed by atoms with E-state index in [-0.39, 0.29) is 22.5 Å². The quantitative estimate of drug-likeness (QED) is 0.467. The lowest BCUT2D eigenvalue weighted by Crippen LogP contribution is -2.35. The molecule has 0 bridgehead atoms. The van der Waals surface area contributed by atoms with E-state index >= 15 is 0 Å². The highest BCUT2D eigenvalue weighted by atomic mass is 32.1. The molecule has 0 atom stereocenters. The molecule has 2 heterocycles. The lowest BCUT2D eigenvalue weighted by atomic mass is 10.1. The lowest BCUT2D eigenvalue weighted by Gasteiger charge is -2.10. The molecule has 1 aromatic heterocycles. The molecule has 0 spiro atoms. The predicted molar refractivity (Wildman–Crippen MR) is 104 cm³/mol. The average Bonchev–Trinajstić information content (AvgIpc) is 3.17. The number of halogens is 1. The summed E-state index contributed by atoms with van der Waals surface area (Å²) in [5, 5.41) is 0. The van der Waals surface area contributed by atoms with Crippen molar-refractivity contribution in [3.63, 3.8) is 0 Å². The minimum Gasteiger partial charge on any atom is -0.468 e. The standard InChI is InChI=1S/C20H14FN3O5S/c1-29-17(26)10-23-14-7-6-11(21)8-15(14)30-20(23)22-16(25)9-24-18(27)12-4-2-3-5-13(12)19(24)28/h2-8H,9-10H2,1H3. The Kier molecular flexibility index (Phi) is 5.00. The van der Waals surface area contributed by atoms with Crippen LogP contribution in [0.3, 0.4) is 0 Å². The minimum absolute atomic E-state index is 0.127. The first-order valence-electron chi connectivity index (χ1n) is 8.77. The number of carbonyl (C=O) groups excluding carboxylic acids is 4. The summed E-state index contributed by atoms with van der Waals surface area (Å²) < 4.78 is 20.2. The molecular weight excluding hydrogens is 413 g/mol. The zero-order valence-corrected chi connectivity index (χ0v) is 16.4. The van der Waals surface area contributed by atoms with Crippen molar-refractivity contribution in [2.75, 3.05) is 13.7 Å². The van der Waals surface area contributed by atoms with Gasteiger partial charge in [0.2, 0.25) is 0 Å². The summed E-state index contributed by atoms with van der Waals surface area (Å²) in [5.41, 5.74) is 0.959. The first-order valence-corrected chi connectivity index (χ1v) is 9.59. The number of hydrogen-bond donors (Lipinski definition) is 0. The summed E-state index contributed by atoms with van der Waals surface area (Å²) in [6, 6.07) is 10.3. The third kappa shape index (κ3) is 3.41. The monoisotopic (exact) mass is 427 g/mol. The Morgan fingerprint density at radius 1 is 1.07 bits per heavy atom. The van der Waals surface area contributed by atoms with E-state index in [4.69, 9.17) is 0 Å². The number of hydrogen-bond acceptors (Lipinski definition) is 6. The van der Waals surface area contributed by atoms with Gasteiger partial charge in [-0.15, -0.1) is 0 Å². The van der Waals surface area contributed by atoms with Gasteiger partial charge in [-0.05, 0) is 30.3 Å². The predicted octanol–water partition coefficient (Wildman–Crippen LogP) is 1.74. The molecule has 0 N–H and O–H groups in total. The highest BCUT2D eigenvalue weighted by Crippen LogP contribution is 2.22. The van der Waals surface area contributed by atoms with E-state index in [9.17, 15) is 23.6 Å². The van der Waals surface area contributed by atoms with Crippen molar-refractivity contribution in [2.45, 2.75) is 6.54 Å². The second-order valence-corrected chi connectivity index (χ2v) is 7.42. The van der Waals surface area contributed by atoms with Crippen LogP contribution in [0, 0.1) is 5.82 Å². The number of carbonyl (C=O) groups is 4. The fourth-order valence-electron chi connectivity index (χ4n) is 3.14. The second-order valence-electron chi connectivity index (χ2n) is 6.41. The van der Waals surface area contributed by atoms with E-state index in [2.05, 4.69) is 9.73 Å². The van der Waals surface area contributed by atoms with Crippen LogP contribution in [0.15, 0.2) is 47.5 Å². The highest BCUT2D eigenvalue weighted by Gasteiger charge is 2.36. The Labute approximate surface area is 172 Å². The third-order valence-electron chi connectivity index (χ3n) is 4.55. The van der Waals surface area contributed by atoms with Crippen LogP contribution in [0.5, 0.6) is 0 Å². The Hall–Kier alpha value is -3.66. The third-order valence-corrected chi connectivity index (χ3v) is 5.59. The fourth-order valence-corrected chi connectivity index (χ4v) is 4.21. The van der Waals surface area contributed by atoms with Crippen molar-refractivity contribution in [1.29, 1.82) is 0 Å². The van der Waals surface area contributed by atoms with Crippen LogP contribution in [-0.4, -0.2) is 46.8 Å². The van der Waals surface area contributed by atoms with Crippen LogP contribution in [0.4, 0.5) is 4.39 Å². The van der Waals surface area contributed by atoms with Gasteiger partial charge in [0.1, 0.15) is 18.9 Å². The van der Waals surface area contributed by atoms with Gasteiger partial charge in [0, 0.05) is 0 Å². The van der Waals surface area contributed by atoms with E-state index in [0.717, 1.165) is 16.2 Å². The number of rotatable bonds is 4. The molecule has 30 heavy (non-hydrogen) atoms. The van der Waals surface area contributed by atoms with E-state index in [1.54, 1.807) is 12.1 Å². The smallest absolute Gasteiger partial charge is 0.325 e.